The quantitative estimate of drug-likeness (QED) is 0.566. The number of nitrogens with zero attached hydrogens (tertiary/aromatic N) is 1. The van der Waals surface area contributed by atoms with Crippen LogP contribution in [0.5, 0.6) is 11.5 Å². The first-order valence-electron chi connectivity index (χ1n) is 11.4. The van der Waals surface area contributed by atoms with E-state index >= 15 is 0 Å². The van der Waals surface area contributed by atoms with Crippen molar-refractivity contribution in [1.82, 2.24) is 5.32 Å². The van der Waals surface area contributed by atoms with Crippen LogP contribution in [0.15, 0.2) is 42.5 Å². The van der Waals surface area contributed by atoms with Crippen LogP contribution in [0.2, 0.25) is 0 Å². The number of benzene rings is 2. The van der Waals surface area contributed by atoms with Crippen molar-refractivity contribution in [3.8, 4) is 11.5 Å². The Kier molecular flexibility index (Phi) is 7.46. The third-order valence-corrected chi connectivity index (χ3v) is 7.05. The van der Waals surface area contributed by atoms with Gasteiger partial charge in [-0.1, -0.05) is 12.1 Å². The van der Waals surface area contributed by atoms with Crippen LogP contribution in [0.25, 0.3) is 0 Å². The molecule has 0 unspecified atom stereocenters. The smallest absolute Gasteiger partial charge is 0.253 e. The second kappa shape index (κ2) is 10.5. The fourth-order valence-electron chi connectivity index (χ4n) is 4.11. The third kappa shape index (κ3) is 5.85. The Labute approximate surface area is 204 Å². The van der Waals surface area contributed by atoms with E-state index in [1.54, 1.807) is 36.4 Å². The van der Waals surface area contributed by atoms with Crippen LogP contribution in [0.1, 0.15) is 30.1 Å². The van der Waals surface area contributed by atoms with Gasteiger partial charge in [0.1, 0.15) is 19.3 Å². The number of nitrogens with one attached hydrogen (secondary N) is 2. The molecule has 2 aromatic carbocycles. The first kappa shape index (κ1) is 24.8. The normalized spacial score (nSPS) is 17.9. The number of carbonyl (C=O) groups is 2. The molecule has 0 radical (unpaired) electrons. The van der Waals surface area contributed by atoms with E-state index in [0.29, 0.717) is 37.9 Å². The Morgan fingerprint density at radius 3 is 2.54 bits per heavy atom. The topological polar surface area (TPSA) is 123 Å². The third-order valence-electron chi connectivity index (χ3n) is 5.81. The maximum atomic E-state index is 13.2. The van der Waals surface area contributed by atoms with Gasteiger partial charge in [-0.3, -0.25) is 13.9 Å². The predicted molar refractivity (Wildman–Crippen MR) is 131 cm³/mol. The monoisotopic (exact) mass is 503 g/mol. The van der Waals surface area contributed by atoms with E-state index in [0.717, 1.165) is 23.4 Å². The first-order valence-corrected chi connectivity index (χ1v) is 13.3. The molecular formula is C24H29N3O7S. The molecule has 2 heterocycles. The summed E-state index contributed by atoms with van der Waals surface area (Å²) in [5, 5.41) is 5.55. The maximum absolute atomic E-state index is 13.2. The second-order valence-electron chi connectivity index (χ2n) is 8.44. The highest BCUT2D eigenvalue weighted by Crippen LogP contribution is 2.35. The van der Waals surface area contributed by atoms with Gasteiger partial charge in [-0.15, -0.1) is 0 Å². The number of para-hydroxylation sites is 1. The summed E-state index contributed by atoms with van der Waals surface area (Å²) in [6.45, 7) is 3.29. The molecule has 2 amide bonds. The van der Waals surface area contributed by atoms with E-state index in [9.17, 15) is 18.0 Å². The summed E-state index contributed by atoms with van der Waals surface area (Å²) in [5.74, 6) is -0.0303. The van der Waals surface area contributed by atoms with Crippen LogP contribution in [0, 0.1) is 0 Å². The lowest BCUT2D eigenvalue weighted by Gasteiger charge is -2.29. The SMILES string of the molecule is C[C@H](C(=O)Nc1ccccc1C(=O)NC[C@@H]1CCCO1)N(c1ccc2c(c1)OCCO2)S(C)(=O)=O. The molecule has 2 aromatic rings. The minimum atomic E-state index is -3.84. The fourth-order valence-corrected chi connectivity index (χ4v) is 5.28. The van der Waals surface area contributed by atoms with Gasteiger partial charge >= 0.3 is 0 Å². The number of fused-ring (bicyclic) bond motifs is 1. The second-order valence-corrected chi connectivity index (χ2v) is 10.3. The number of rotatable bonds is 8. The summed E-state index contributed by atoms with van der Waals surface area (Å²) < 4.78 is 43.0. The lowest BCUT2D eigenvalue weighted by Crippen LogP contribution is -2.45. The van der Waals surface area contributed by atoms with Gasteiger partial charge in [0.25, 0.3) is 5.91 Å². The molecular weight excluding hydrogens is 474 g/mol. The molecule has 0 aliphatic carbocycles. The van der Waals surface area contributed by atoms with E-state index < -0.39 is 22.0 Å². The molecule has 188 valence electrons. The Bertz CT molecular complexity index is 1200. The minimum absolute atomic E-state index is 0.0185. The van der Waals surface area contributed by atoms with Crippen molar-refractivity contribution in [1.29, 1.82) is 0 Å². The standard InChI is InChI=1S/C24H29N3O7S/c1-16(27(35(2,30)31)17-9-10-21-22(14-17)34-13-12-33-21)23(28)26-20-8-4-3-7-19(20)24(29)25-15-18-6-5-11-32-18/h3-4,7-10,14,16,18H,5-6,11-13,15H2,1-2H3,(H,25,29)(H,26,28)/t16-,18+/m1/s1. The van der Waals surface area contributed by atoms with E-state index in [1.165, 1.54) is 13.0 Å². The molecule has 4 rings (SSSR count). The van der Waals surface area contributed by atoms with Gasteiger partial charge in [-0.2, -0.15) is 0 Å². The minimum Gasteiger partial charge on any atom is -0.486 e. The molecule has 1 fully saturated rings. The molecule has 35 heavy (non-hydrogen) atoms. The van der Waals surface area contributed by atoms with Crippen LogP contribution < -0.4 is 24.4 Å². The Morgan fingerprint density at radius 2 is 1.83 bits per heavy atom. The van der Waals surface area contributed by atoms with Crippen LogP contribution in [0.4, 0.5) is 11.4 Å². The van der Waals surface area contributed by atoms with Crippen molar-refractivity contribution in [2.45, 2.75) is 31.9 Å². The van der Waals surface area contributed by atoms with Gasteiger partial charge in [0.15, 0.2) is 11.5 Å². The van der Waals surface area contributed by atoms with Gasteiger partial charge in [-0.25, -0.2) is 8.42 Å². The van der Waals surface area contributed by atoms with Crippen LogP contribution in [-0.4, -0.2) is 65.0 Å². The molecule has 11 heteroatoms. The average Bonchev–Trinajstić information content (AvgIpc) is 3.36. The largest absolute Gasteiger partial charge is 0.486 e. The van der Waals surface area contributed by atoms with E-state index in [4.69, 9.17) is 14.2 Å². The molecule has 0 saturated carbocycles. The number of anilines is 2. The van der Waals surface area contributed by atoms with Gasteiger partial charge in [0.05, 0.1) is 29.3 Å². The Balaban J connectivity index is 1.52. The van der Waals surface area contributed by atoms with Crippen LogP contribution in [0.3, 0.4) is 0 Å². The zero-order chi connectivity index (χ0) is 25.0. The maximum Gasteiger partial charge on any atom is 0.253 e. The van der Waals surface area contributed by atoms with Gasteiger partial charge in [0, 0.05) is 19.2 Å². The summed E-state index contributed by atoms with van der Waals surface area (Å²) in [6, 6.07) is 10.2. The Morgan fingerprint density at radius 1 is 1.09 bits per heavy atom. The molecule has 0 bridgehead atoms. The number of sulfonamides is 1. The van der Waals surface area contributed by atoms with Crippen molar-refractivity contribution in [3.05, 3.63) is 48.0 Å². The predicted octanol–water partition coefficient (Wildman–Crippen LogP) is 2.16. The lowest BCUT2D eigenvalue weighted by molar-refractivity contribution is -0.116. The van der Waals surface area contributed by atoms with Crippen molar-refractivity contribution >= 4 is 33.2 Å². The highest BCUT2D eigenvalue weighted by molar-refractivity contribution is 7.92. The van der Waals surface area contributed by atoms with Crippen molar-refractivity contribution < 1.29 is 32.2 Å². The van der Waals surface area contributed by atoms with Gasteiger partial charge < -0.3 is 24.8 Å². The highest BCUT2D eigenvalue weighted by atomic mass is 32.2. The number of carbonyl (C=O) groups excluding carboxylic acids is 2. The van der Waals surface area contributed by atoms with Crippen molar-refractivity contribution in [2.24, 2.45) is 0 Å². The molecule has 0 spiro atoms. The molecule has 10 nitrogen and oxygen atoms in total. The summed E-state index contributed by atoms with van der Waals surface area (Å²) in [7, 11) is -3.84. The number of ether oxygens (including phenoxy) is 3. The lowest BCUT2D eigenvalue weighted by atomic mass is 10.1. The number of amides is 2. The zero-order valence-electron chi connectivity index (χ0n) is 19.7. The average molecular weight is 504 g/mol. The van der Waals surface area contributed by atoms with E-state index in [2.05, 4.69) is 10.6 Å². The molecule has 0 aromatic heterocycles. The van der Waals surface area contributed by atoms with Crippen molar-refractivity contribution in [2.75, 3.05) is 42.2 Å². The van der Waals surface area contributed by atoms with Crippen LogP contribution in [-0.2, 0) is 19.6 Å². The number of hydrogen-bond donors (Lipinski definition) is 2. The van der Waals surface area contributed by atoms with E-state index in [1.807, 2.05) is 0 Å². The summed E-state index contributed by atoms with van der Waals surface area (Å²) in [4.78, 5) is 26.0. The van der Waals surface area contributed by atoms with Crippen LogP contribution >= 0.6 is 0 Å². The summed E-state index contributed by atoms with van der Waals surface area (Å²) in [5.41, 5.74) is 0.822. The molecule has 2 N–H and O–H groups in total. The van der Waals surface area contributed by atoms with Crippen molar-refractivity contribution in [3.63, 3.8) is 0 Å². The Hall–Kier alpha value is -3.31. The molecule has 2 aliphatic rings. The zero-order valence-corrected chi connectivity index (χ0v) is 20.5. The summed E-state index contributed by atoms with van der Waals surface area (Å²) in [6.07, 6.45) is 2.86. The van der Waals surface area contributed by atoms with Gasteiger partial charge in [-0.05, 0) is 44.0 Å². The number of hydrogen-bond acceptors (Lipinski definition) is 7. The van der Waals surface area contributed by atoms with Gasteiger partial charge in [0.2, 0.25) is 15.9 Å². The molecule has 1 saturated heterocycles. The molecule has 2 aliphatic heterocycles. The first-order chi connectivity index (χ1) is 16.7. The van der Waals surface area contributed by atoms with E-state index in [-0.39, 0.29) is 28.9 Å². The fraction of sp³-hybridized carbons (Fsp3) is 0.417. The molecule has 2 atom stereocenters. The summed E-state index contributed by atoms with van der Waals surface area (Å²) >= 11 is 0. The highest BCUT2D eigenvalue weighted by Gasteiger charge is 2.31.